The lowest BCUT2D eigenvalue weighted by molar-refractivity contribution is -0.0839. The maximum Gasteiger partial charge on any atom is 0.160 e. The van der Waals surface area contributed by atoms with Crippen molar-refractivity contribution in [2.24, 2.45) is 11.7 Å². The number of hydrogen-bond donors (Lipinski definition) is 1. The van der Waals surface area contributed by atoms with Crippen molar-refractivity contribution >= 4 is 0 Å². The fourth-order valence-electron chi connectivity index (χ4n) is 3.21. The van der Waals surface area contributed by atoms with Crippen LogP contribution in [-0.4, -0.2) is 22.6 Å². The van der Waals surface area contributed by atoms with E-state index in [4.69, 9.17) is 20.4 Å². The Morgan fingerprint density at radius 2 is 2.05 bits per heavy atom. The molecule has 118 valence electrons. The number of ether oxygens (including phenoxy) is 1. The van der Waals surface area contributed by atoms with Crippen LogP contribution in [0.2, 0.25) is 0 Å². The number of nitrogens with zero attached hydrogens (tertiary/aromatic N) is 2. The van der Waals surface area contributed by atoms with E-state index in [1.807, 2.05) is 19.9 Å². The van der Waals surface area contributed by atoms with Crippen molar-refractivity contribution in [3.8, 4) is 0 Å². The SMILES string of the molecule is CCOC1(c2nc(C)cc(CC(C)N)n2)CCC(C)CC1. The molecule has 1 aromatic heterocycles. The van der Waals surface area contributed by atoms with Gasteiger partial charge in [-0.1, -0.05) is 6.92 Å². The summed E-state index contributed by atoms with van der Waals surface area (Å²) in [6, 6.07) is 2.15. The van der Waals surface area contributed by atoms with E-state index in [1.54, 1.807) is 0 Å². The topological polar surface area (TPSA) is 61.0 Å². The van der Waals surface area contributed by atoms with Gasteiger partial charge < -0.3 is 10.5 Å². The third-order valence-electron chi connectivity index (χ3n) is 4.35. The van der Waals surface area contributed by atoms with Gasteiger partial charge in [-0.05, 0) is 58.4 Å². The van der Waals surface area contributed by atoms with Crippen LogP contribution in [0.15, 0.2) is 6.07 Å². The Labute approximate surface area is 128 Å². The largest absolute Gasteiger partial charge is 0.367 e. The molecule has 1 aromatic rings. The van der Waals surface area contributed by atoms with E-state index >= 15 is 0 Å². The van der Waals surface area contributed by atoms with Gasteiger partial charge in [0.05, 0.1) is 0 Å². The first-order chi connectivity index (χ1) is 9.95. The Morgan fingerprint density at radius 1 is 1.38 bits per heavy atom. The maximum absolute atomic E-state index is 6.16. The molecule has 0 saturated heterocycles. The summed E-state index contributed by atoms with van der Waals surface area (Å²) in [6.45, 7) is 9.11. The van der Waals surface area contributed by atoms with Crippen molar-refractivity contribution in [1.29, 1.82) is 0 Å². The van der Waals surface area contributed by atoms with Crippen LogP contribution in [0.25, 0.3) is 0 Å². The van der Waals surface area contributed by atoms with Crippen LogP contribution in [0.4, 0.5) is 0 Å². The fourth-order valence-corrected chi connectivity index (χ4v) is 3.21. The third kappa shape index (κ3) is 4.01. The number of aromatic nitrogens is 2. The molecule has 0 bridgehead atoms. The monoisotopic (exact) mass is 291 g/mol. The van der Waals surface area contributed by atoms with E-state index in [0.29, 0.717) is 6.61 Å². The standard InChI is InChI=1S/C17H29N3O/c1-5-21-17(8-6-12(2)7-9-17)16-19-14(4)11-15(20-16)10-13(3)18/h11-13H,5-10,18H2,1-4H3. The number of nitrogens with two attached hydrogens (primary N) is 1. The normalized spacial score (nSPS) is 27.6. The van der Waals surface area contributed by atoms with Crippen molar-refractivity contribution < 1.29 is 4.74 Å². The predicted octanol–water partition coefficient (Wildman–Crippen LogP) is 3.12. The van der Waals surface area contributed by atoms with Crippen molar-refractivity contribution in [1.82, 2.24) is 9.97 Å². The average Bonchev–Trinajstić information content (AvgIpc) is 2.40. The van der Waals surface area contributed by atoms with E-state index in [9.17, 15) is 0 Å². The van der Waals surface area contributed by atoms with Crippen LogP contribution in [-0.2, 0) is 16.8 Å². The highest BCUT2D eigenvalue weighted by atomic mass is 16.5. The van der Waals surface area contributed by atoms with Crippen LogP contribution in [0.5, 0.6) is 0 Å². The van der Waals surface area contributed by atoms with Crippen LogP contribution >= 0.6 is 0 Å². The zero-order valence-corrected chi connectivity index (χ0v) is 13.9. The van der Waals surface area contributed by atoms with Gasteiger partial charge in [-0.15, -0.1) is 0 Å². The summed E-state index contributed by atoms with van der Waals surface area (Å²) in [5, 5.41) is 0. The second-order valence-electron chi connectivity index (χ2n) is 6.62. The third-order valence-corrected chi connectivity index (χ3v) is 4.35. The van der Waals surface area contributed by atoms with Crippen molar-refractivity contribution in [2.75, 3.05) is 6.61 Å². The summed E-state index contributed by atoms with van der Waals surface area (Å²) in [5.74, 6) is 1.64. The molecule has 1 atom stereocenters. The molecule has 0 amide bonds. The van der Waals surface area contributed by atoms with Crippen LogP contribution < -0.4 is 5.73 Å². The summed E-state index contributed by atoms with van der Waals surface area (Å²) in [5.41, 5.74) is 7.67. The molecule has 1 saturated carbocycles. The second kappa shape index (κ2) is 6.84. The predicted molar refractivity (Wildman–Crippen MR) is 85.1 cm³/mol. The molecule has 0 aliphatic heterocycles. The molecule has 4 nitrogen and oxygen atoms in total. The highest BCUT2D eigenvalue weighted by molar-refractivity contribution is 5.16. The van der Waals surface area contributed by atoms with Gasteiger partial charge in [-0.25, -0.2) is 9.97 Å². The molecule has 1 unspecified atom stereocenters. The number of hydrogen-bond acceptors (Lipinski definition) is 4. The fraction of sp³-hybridized carbons (Fsp3) is 0.765. The van der Waals surface area contributed by atoms with E-state index in [1.165, 1.54) is 12.8 Å². The lowest BCUT2D eigenvalue weighted by Gasteiger charge is -2.38. The zero-order chi connectivity index (χ0) is 15.5. The van der Waals surface area contributed by atoms with Crippen molar-refractivity contribution in [3.05, 3.63) is 23.3 Å². The molecule has 1 aliphatic rings. The molecule has 0 aromatic carbocycles. The molecule has 1 aliphatic carbocycles. The highest BCUT2D eigenvalue weighted by Gasteiger charge is 2.39. The molecule has 2 N–H and O–H groups in total. The number of aryl methyl sites for hydroxylation is 1. The molecular weight excluding hydrogens is 262 g/mol. The first-order valence-electron chi connectivity index (χ1n) is 8.20. The minimum Gasteiger partial charge on any atom is -0.367 e. The minimum absolute atomic E-state index is 0.113. The smallest absolute Gasteiger partial charge is 0.160 e. The summed E-state index contributed by atoms with van der Waals surface area (Å²) >= 11 is 0. The van der Waals surface area contributed by atoms with Gasteiger partial charge in [0.2, 0.25) is 0 Å². The average molecular weight is 291 g/mol. The van der Waals surface area contributed by atoms with Gasteiger partial charge in [0.15, 0.2) is 5.82 Å². The van der Waals surface area contributed by atoms with E-state index in [0.717, 1.165) is 42.4 Å². The summed E-state index contributed by atoms with van der Waals surface area (Å²) < 4.78 is 6.16. The first kappa shape index (κ1) is 16.4. The highest BCUT2D eigenvalue weighted by Crippen LogP contribution is 2.41. The van der Waals surface area contributed by atoms with Crippen LogP contribution in [0.1, 0.15) is 63.7 Å². The summed E-state index contributed by atoms with van der Waals surface area (Å²) in [4.78, 5) is 9.50. The van der Waals surface area contributed by atoms with Gasteiger partial charge in [0.1, 0.15) is 5.60 Å². The van der Waals surface area contributed by atoms with E-state index < -0.39 is 0 Å². The van der Waals surface area contributed by atoms with Crippen LogP contribution in [0.3, 0.4) is 0 Å². The van der Waals surface area contributed by atoms with E-state index in [-0.39, 0.29) is 11.6 Å². The van der Waals surface area contributed by atoms with Gasteiger partial charge in [0.25, 0.3) is 0 Å². The minimum atomic E-state index is -0.292. The quantitative estimate of drug-likeness (QED) is 0.905. The molecule has 2 rings (SSSR count). The Balaban J connectivity index is 2.33. The molecular formula is C17H29N3O. The lowest BCUT2D eigenvalue weighted by Crippen LogP contribution is -2.37. The van der Waals surface area contributed by atoms with Gasteiger partial charge in [-0.2, -0.15) is 0 Å². The first-order valence-corrected chi connectivity index (χ1v) is 8.20. The van der Waals surface area contributed by atoms with Gasteiger partial charge in [-0.3, -0.25) is 0 Å². The molecule has 0 spiro atoms. The lowest BCUT2D eigenvalue weighted by atomic mass is 9.78. The van der Waals surface area contributed by atoms with Crippen molar-refractivity contribution in [2.45, 2.75) is 71.4 Å². The van der Waals surface area contributed by atoms with E-state index in [2.05, 4.69) is 13.8 Å². The van der Waals surface area contributed by atoms with Gasteiger partial charge >= 0.3 is 0 Å². The number of rotatable bonds is 5. The maximum atomic E-state index is 6.16. The molecule has 1 heterocycles. The molecule has 21 heavy (non-hydrogen) atoms. The molecule has 0 radical (unpaired) electrons. The summed E-state index contributed by atoms with van der Waals surface area (Å²) in [7, 11) is 0. The Hall–Kier alpha value is -1.00. The van der Waals surface area contributed by atoms with Crippen molar-refractivity contribution in [3.63, 3.8) is 0 Å². The molecule has 4 heteroatoms. The summed E-state index contributed by atoms with van der Waals surface area (Å²) in [6.07, 6.45) is 5.18. The Kier molecular flexibility index (Phi) is 5.33. The Morgan fingerprint density at radius 3 is 2.62 bits per heavy atom. The Bertz CT molecular complexity index is 465. The second-order valence-corrected chi connectivity index (χ2v) is 6.62. The molecule has 1 fully saturated rings. The van der Waals surface area contributed by atoms with Crippen LogP contribution in [0, 0.1) is 12.8 Å². The van der Waals surface area contributed by atoms with Gasteiger partial charge in [0, 0.05) is 30.5 Å². The zero-order valence-electron chi connectivity index (χ0n) is 13.9.